The van der Waals surface area contributed by atoms with Gasteiger partial charge in [-0.05, 0) is 47.2 Å². The molecule has 0 radical (unpaired) electrons. The molecule has 30 heavy (non-hydrogen) atoms. The molecule has 0 amide bonds. The van der Waals surface area contributed by atoms with Crippen molar-refractivity contribution in [3.63, 3.8) is 0 Å². The van der Waals surface area contributed by atoms with Gasteiger partial charge in [0.25, 0.3) is 0 Å². The van der Waals surface area contributed by atoms with Crippen LogP contribution in [0.15, 0.2) is 72.8 Å². The zero-order valence-electron chi connectivity index (χ0n) is 15.3. The lowest BCUT2D eigenvalue weighted by molar-refractivity contribution is 0.0978. The van der Waals surface area contributed by atoms with Gasteiger partial charge in [0.1, 0.15) is 0 Å². The van der Waals surface area contributed by atoms with Crippen LogP contribution in [0.1, 0.15) is 31.8 Å². The standard InChI is InChI=1S/C18H8F2O2.C6H4F2/c19-15-7-13-14(8-16(15)20)18(22)12-6-10-4-2-1-3-9(10)5-11(12)17(13)21;7-5-3-1-2-4-6(5)8/h1-8H;1-4H. The summed E-state index contributed by atoms with van der Waals surface area (Å²) in [6.45, 7) is 0. The summed E-state index contributed by atoms with van der Waals surface area (Å²) in [6.07, 6.45) is 0. The molecule has 0 N–H and O–H groups in total. The quantitative estimate of drug-likeness (QED) is 0.301. The highest BCUT2D eigenvalue weighted by Gasteiger charge is 2.31. The van der Waals surface area contributed by atoms with Crippen molar-refractivity contribution in [2.45, 2.75) is 0 Å². The molecule has 0 aromatic heterocycles. The highest BCUT2D eigenvalue weighted by molar-refractivity contribution is 6.29. The molecule has 0 heterocycles. The lowest BCUT2D eigenvalue weighted by Gasteiger charge is -2.18. The Morgan fingerprint density at radius 2 is 0.767 bits per heavy atom. The van der Waals surface area contributed by atoms with Gasteiger partial charge in [0, 0.05) is 22.3 Å². The van der Waals surface area contributed by atoms with E-state index in [2.05, 4.69) is 0 Å². The monoisotopic (exact) mass is 408 g/mol. The van der Waals surface area contributed by atoms with E-state index in [1.54, 1.807) is 12.1 Å². The van der Waals surface area contributed by atoms with E-state index in [9.17, 15) is 27.2 Å². The van der Waals surface area contributed by atoms with Crippen LogP contribution >= 0.6 is 0 Å². The average molecular weight is 408 g/mol. The van der Waals surface area contributed by atoms with Crippen molar-refractivity contribution >= 4 is 22.3 Å². The van der Waals surface area contributed by atoms with Crippen LogP contribution in [0.3, 0.4) is 0 Å². The van der Waals surface area contributed by atoms with E-state index < -0.39 is 34.8 Å². The maximum absolute atomic E-state index is 13.4. The van der Waals surface area contributed by atoms with Crippen LogP contribution in [0.4, 0.5) is 17.6 Å². The summed E-state index contributed by atoms with van der Waals surface area (Å²) in [5.41, 5.74) is 0.266. The molecular weight excluding hydrogens is 396 g/mol. The second kappa shape index (κ2) is 7.55. The molecule has 6 heteroatoms. The van der Waals surface area contributed by atoms with Crippen molar-refractivity contribution in [3.8, 4) is 0 Å². The molecule has 0 saturated heterocycles. The van der Waals surface area contributed by atoms with Crippen molar-refractivity contribution in [3.05, 3.63) is 118 Å². The third-order valence-electron chi connectivity index (χ3n) is 4.75. The van der Waals surface area contributed by atoms with E-state index in [0.717, 1.165) is 35.0 Å². The fourth-order valence-corrected chi connectivity index (χ4v) is 3.27. The van der Waals surface area contributed by atoms with Gasteiger partial charge in [-0.15, -0.1) is 0 Å². The van der Waals surface area contributed by atoms with Crippen molar-refractivity contribution in [2.24, 2.45) is 0 Å². The maximum atomic E-state index is 13.4. The lowest BCUT2D eigenvalue weighted by Crippen LogP contribution is -2.21. The first-order valence-electron chi connectivity index (χ1n) is 8.88. The molecule has 4 aromatic rings. The minimum atomic E-state index is -1.14. The Morgan fingerprint density at radius 1 is 0.433 bits per heavy atom. The zero-order valence-corrected chi connectivity index (χ0v) is 15.3. The molecule has 4 aromatic carbocycles. The number of carbonyl (C=O) groups is 2. The summed E-state index contributed by atoms with van der Waals surface area (Å²) < 4.78 is 50.7. The molecule has 0 fully saturated rings. The second-order valence-electron chi connectivity index (χ2n) is 6.63. The lowest BCUT2D eigenvalue weighted by atomic mass is 9.82. The molecule has 0 unspecified atom stereocenters. The van der Waals surface area contributed by atoms with Crippen LogP contribution in [0.25, 0.3) is 10.8 Å². The predicted octanol–water partition coefficient (Wildman–Crippen LogP) is 5.86. The number of benzene rings is 4. The molecule has 0 saturated carbocycles. The van der Waals surface area contributed by atoms with E-state index in [1.165, 1.54) is 12.1 Å². The number of hydrogen-bond donors (Lipinski definition) is 0. The molecule has 0 atom stereocenters. The number of fused-ring (bicyclic) bond motifs is 3. The minimum Gasteiger partial charge on any atom is -0.289 e. The van der Waals surface area contributed by atoms with E-state index in [4.69, 9.17) is 0 Å². The molecule has 2 nitrogen and oxygen atoms in total. The van der Waals surface area contributed by atoms with E-state index in [1.807, 2.05) is 24.3 Å². The largest absolute Gasteiger partial charge is 0.289 e. The number of halogens is 4. The van der Waals surface area contributed by atoms with E-state index >= 15 is 0 Å². The summed E-state index contributed by atoms with van der Waals surface area (Å²) in [4.78, 5) is 25.0. The molecule has 0 bridgehead atoms. The van der Waals surface area contributed by atoms with Crippen molar-refractivity contribution in [1.29, 1.82) is 0 Å². The predicted molar refractivity (Wildman–Crippen MR) is 104 cm³/mol. The summed E-state index contributed by atoms with van der Waals surface area (Å²) in [5, 5.41) is 1.63. The highest BCUT2D eigenvalue weighted by Crippen LogP contribution is 2.31. The Bertz CT molecular complexity index is 1230. The molecular formula is C24H12F4O2. The zero-order chi connectivity index (χ0) is 21.4. The smallest absolute Gasteiger partial charge is 0.194 e. The van der Waals surface area contributed by atoms with Crippen LogP contribution < -0.4 is 0 Å². The Morgan fingerprint density at radius 3 is 1.13 bits per heavy atom. The third-order valence-corrected chi connectivity index (χ3v) is 4.75. The van der Waals surface area contributed by atoms with Crippen LogP contribution in [-0.4, -0.2) is 11.6 Å². The number of rotatable bonds is 0. The SMILES string of the molecule is Fc1ccccc1F.O=C1c2cc(F)c(F)cc2C(=O)c2cc3ccccc3cc21. The maximum Gasteiger partial charge on any atom is 0.194 e. The van der Waals surface area contributed by atoms with Crippen LogP contribution in [0.5, 0.6) is 0 Å². The van der Waals surface area contributed by atoms with Gasteiger partial charge in [0.15, 0.2) is 34.8 Å². The highest BCUT2D eigenvalue weighted by atomic mass is 19.2. The van der Waals surface area contributed by atoms with Crippen LogP contribution in [-0.2, 0) is 0 Å². The number of hydrogen-bond acceptors (Lipinski definition) is 2. The van der Waals surface area contributed by atoms with Crippen LogP contribution in [0.2, 0.25) is 0 Å². The first-order valence-corrected chi connectivity index (χ1v) is 8.88. The van der Waals surface area contributed by atoms with Gasteiger partial charge in [-0.25, -0.2) is 17.6 Å². The van der Waals surface area contributed by atoms with E-state index in [0.29, 0.717) is 0 Å². The molecule has 1 aliphatic rings. The third kappa shape index (κ3) is 3.37. The van der Waals surface area contributed by atoms with Crippen molar-refractivity contribution in [1.82, 2.24) is 0 Å². The van der Waals surface area contributed by atoms with Gasteiger partial charge in [-0.2, -0.15) is 0 Å². The summed E-state index contributed by atoms with van der Waals surface area (Å²) in [7, 11) is 0. The Hall–Kier alpha value is -3.80. The summed E-state index contributed by atoms with van der Waals surface area (Å²) in [6, 6.07) is 17.2. The molecule has 0 aliphatic heterocycles. The summed E-state index contributed by atoms with van der Waals surface area (Å²) in [5.74, 6) is -4.79. The van der Waals surface area contributed by atoms with Gasteiger partial charge in [0.05, 0.1) is 0 Å². The average Bonchev–Trinajstić information content (AvgIpc) is 2.75. The molecule has 0 spiro atoms. The van der Waals surface area contributed by atoms with E-state index in [-0.39, 0.29) is 22.3 Å². The molecule has 5 rings (SSSR count). The number of ketones is 2. The summed E-state index contributed by atoms with van der Waals surface area (Å²) >= 11 is 0. The van der Waals surface area contributed by atoms with Gasteiger partial charge in [-0.1, -0.05) is 36.4 Å². The number of carbonyl (C=O) groups excluding carboxylic acids is 2. The molecule has 148 valence electrons. The Balaban J connectivity index is 0.000000230. The van der Waals surface area contributed by atoms with Gasteiger partial charge >= 0.3 is 0 Å². The fourth-order valence-electron chi connectivity index (χ4n) is 3.27. The van der Waals surface area contributed by atoms with Gasteiger partial charge in [-0.3, -0.25) is 9.59 Å². The first-order chi connectivity index (χ1) is 14.4. The van der Waals surface area contributed by atoms with Crippen molar-refractivity contribution < 1.29 is 27.2 Å². The van der Waals surface area contributed by atoms with Crippen LogP contribution in [0, 0.1) is 23.3 Å². The van der Waals surface area contributed by atoms with Gasteiger partial charge < -0.3 is 0 Å². The normalized spacial score (nSPS) is 12.1. The molecule has 1 aliphatic carbocycles. The topological polar surface area (TPSA) is 34.1 Å². The van der Waals surface area contributed by atoms with Crippen molar-refractivity contribution in [2.75, 3.05) is 0 Å². The Kier molecular flexibility index (Phi) is 4.91. The second-order valence-corrected chi connectivity index (χ2v) is 6.63. The van der Waals surface area contributed by atoms with Gasteiger partial charge in [0.2, 0.25) is 0 Å². The fraction of sp³-hybridized carbons (Fsp3) is 0. The first kappa shape index (κ1) is 19.5. The minimum absolute atomic E-state index is 0.0910. The Labute approximate surface area is 168 Å².